The number of aromatic amines is 2. The molecule has 0 aliphatic carbocycles. The van der Waals surface area contributed by atoms with Crippen molar-refractivity contribution in [1.82, 2.24) is 14.8 Å². The Morgan fingerprint density at radius 1 is 1.60 bits per heavy atom. The van der Waals surface area contributed by atoms with Crippen molar-refractivity contribution in [1.29, 1.82) is 0 Å². The Kier molecular flexibility index (Phi) is 3.06. The second-order valence-electron chi connectivity index (χ2n) is 3.84. The van der Waals surface area contributed by atoms with Crippen molar-refractivity contribution in [2.75, 3.05) is 6.61 Å². The summed E-state index contributed by atoms with van der Waals surface area (Å²) in [5, 5.41) is 5.12. The lowest BCUT2D eigenvalue weighted by molar-refractivity contribution is 0.0831. The molecule has 2 rings (SSSR count). The largest absolute Gasteiger partial charge is 0.378 e. The van der Waals surface area contributed by atoms with Crippen LogP contribution in [0.4, 0.5) is 0 Å². The van der Waals surface area contributed by atoms with E-state index in [-0.39, 0.29) is 11.8 Å². The van der Waals surface area contributed by atoms with Crippen LogP contribution in [0.15, 0.2) is 4.79 Å². The van der Waals surface area contributed by atoms with Gasteiger partial charge in [0.05, 0.1) is 6.10 Å². The summed E-state index contributed by atoms with van der Waals surface area (Å²) in [5.74, 6) is 0.401. The van der Waals surface area contributed by atoms with E-state index >= 15 is 0 Å². The fourth-order valence-corrected chi connectivity index (χ4v) is 2.30. The second-order valence-corrected chi connectivity index (χ2v) is 4.22. The minimum atomic E-state index is -0.165. The Balaban J connectivity index is 2.15. The number of hydrogen-bond donors (Lipinski definition) is 2. The minimum absolute atomic E-state index is 0.165. The van der Waals surface area contributed by atoms with Gasteiger partial charge in [-0.05, 0) is 25.1 Å². The molecule has 2 unspecified atom stereocenters. The average molecular weight is 229 g/mol. The fraction of sp³-hybridized carbons (Fsp3) is 0.778. The van der Waals surface area contributed by atoms with E-state index in [0.29, 0.717) is 17.2 Å². The van der Waals surface area contributed by atoms with Crippen molar-refractivity contribution in [3.05, 3.63) is 15.3 Å². The Morgan fingerprint density at radius 3 is 3.00 bits per heavy atom. The Bertz CT molecular complexity index is 406. The van der Waals surface area contributed by atoms with Gasteiger partial charge in [-0.2, -0.15) is 0 Å². The number of aromatic nitrogens is 3. The van der Waals surface area contributed by atoms with E-state index < -0.39 is 0 Å². The van der Waals surface area contributed by atoms with Gasteiger partial charge in [-0.1, -0.05) is 6.92 Å². The summed E-state index contributed by atoms with van der Waals surface area (Å²) in [4.78, 5) is 11.4. The van der Waals surface area contributed by atoms with Crippen molar-refractivity contribution >= 4 is 12.2 Å². The number of nitrogens with zero attached hydrogens (tertiary/aromatic N) is 1. The van der Waals surface area contributed by atoms with E-state index in [4.69, 9.17) is 17.0 Å². The smallest absolute Gasteiger partial charge is 0.342 e. The third-order valence-corrected chi connectivity index (χ3v) is 3.25. The predicted molar refractivity (Wildman–Crippen MR) is 58.4 cm³/mol. The summed E-state index contributed by atoms with van der Waals surface area (Å²) in [6.45, 7) is 3.54. The lowest BCUT2D eigenvalue weighted by atomic mass is 10.00. The molecule has 0 aromatic carbocycles. The van der Waals surface area contributed by atoms with Crippen molar-refractivity contribution in [3.63, 3.8) is 0 Å². The van der Waals surface area contributed by atoms with Gasteiger partial charge in [-0.3, -0.25) is 9.67 Å². The molecule has 15 heavy (non-hydrogen) atoms. The molecule has 1 aromatic heterocycles. The van der Waals surface area contributed by atoms with Crippen LogP contribution in [0.5, 0.6) is 0 Å². The van der Waals surface area contributed by atoms with Gasteiger partial charge < -0.3 is 4.74 Å². The van der Waals surface area contributed by atoms with Crippen LogP contribution in [-0.2, 0) is 11.3 Å². The van der Waals surface area contributed by atoms with Gasteiger partial charge in [0, 0.05) is 19.1 Å². The average Bonchev–Trinajstić information content (AvgIpc) is 2.79. The highest BCUT2D eigenvalue weighted by molar-refractivity contribution is 7.71. The van der Waals surface area contributed by atoms with E-state index in [2.05, 4.69) is 17.1 Å². The van der Waals surface area contributed by atoms with Gasteiger partial charge in [0.25, 0.3) is 0 Å². The molecule has 0 spiro atoms. The standard InChI is InChI=1S/C9H15N3O2S/c1-2-7-6(3-4-14-7)5-12-8(13)10-11-9(12)15/h6-7H,2-5H2,1H3,(H,10,13)(H,11,15). The lowest BCUT2D eigenvalue weighted by Crippen LogP contribution is -2.26. The predicted octanol–water partition coefficient (Wildman–Crippen LogP) is 1.05. The Morgan fingerprint density at radius 2 is 2.40 bits per heavy atom. The molecule has 1 aliphatic rings. The summed E-state index contributed by atoms with van der Waals surface area (Å²) >= 11 is 5.02. The Hall–Kier alpha value is -0.880. The number of ether oxygens (including phenoxy) is 1. The van der Waals surface area contributed by atoms with Crippen molar-refractivity contribution < 1.29 is 4.74 Å². The van der Waals surface area contributed by atoms with Crippen molar-refractivity contribution in [2.45, 2.75) is 32.4 Å². The first kappa shape index (κ1) is 10.6. The second kappa shape index (κ2) is 4.32. The van der Waals surface area contributed by atoms with Crippen LogP contribution in [-0.4, -0.2) is 27.5 Å². The number of hydrogen-bond acceptors (Lipinski definition) is 3. The van der Waals surface area contributed by atoms with Crippen LogP contribution < -0.4 is 5.69 Å². The van der Waals surface area contributed by atoms with Crippen molar-refractivity contribution in [2.24, 2.45) is 5.92 Å². The number of rotatable bonds is 3. The topological polar surface area (TPSA) is 62.8 Å². The first-order valence-electron chi connectivity index (χ1n) is 5.21. The SMILES string of the molecule is CCC1OCCC1Cn1c(=O)[nH][nH]c1=S. The highest BCUT2D eigenvalue weighted by atomic mass is 32.1. The molecule has 0 saturated carbocycles. The van der Waals surface area contributed by atoms with E-state index in [1.54, 1.807) is 4.57 Å². The normalized spacial score (nSPS) is 25.9. The Labute approximate surface area is 92.4 Å². The van der Waals surface area contributed by atoms with E-state index in [1.807, 2.05) is 0 Å². The molecule has 0 bridgehead atoms. The lowest BCUT2D eigenvalue weighted by Gasteiger charge is -2.16. The van der Waals surface area contributed by atoms with Gasteiger partial charge in [0.15, 0.2) is 4.77 Å². The zero-order valence-electron chi connectivity index (χ0n) is 8.66. The first-order valence-corrected chi connectivity index (χ1v) is 5.62. The fourth-order valence-electron chi connectivity index (χ4n) is 2.09. The molecule has 1 fully saturated rings. The molecule has 0 amide bonds. The van der Waals surface area contributed by atoms with E-state index in [0.717, 1.165) is 19.4 Å². The van der Waals surface area contributed by atoms with E-state index in [9.17, 15) is 4.79 Å². The monoisotopic (exact) mass is 229 g/mol. The summed E-state index contributed by atoms with van der Waals surface area (Å²) < 4.78 is 7.60. The zero-order valence-corrected chi connectivity index (χ0v) is 9.47. The number of nitrogens with one attached hydrogen (secondary N) is 2. The van der Waals surface area contributed by atoms with Gasteiger partial charge >= 0.3 is 5.69 Å². The molecule has 2 atom stereocenters. The van der Waals surface area contributed by atoms with Gasteiger partial charge in [-0.15, -0.1) is 0 Å². The van der Waals surface area contributed by atoms with Crippen LogP contribution in [0.2, 0.25) is 0 Å². The molecule has 1 saturated heterocycles. The van der Waals surface area contributed by atoms with Gasteiger partial charge in [-0.25, -0.2) is 9.89 Å². The van der Waals surface area contributed by atoms with Gasteiger partial charge in [0.2, 0.25) is 0 Å². The van der Waals surface area contributed by atoms with Crippen molar-refractivity contribution in [3.8, 4) is 0 Å². The highest BCUT2D eigenvalue weighted by Gasteiger charge is 2.27. The molecule has 2 N–H and O–H groups in total. The molecule has 0 radical (unpaired) electrons. The maximum atomic E-state index is 11.4. The summed E-state index contributed by atoms with van der Waals surface area (Å²) in [7, 11) is 0. The van der Waals surface area contributed by atoms with Gasteiger partial charge in [0.1, 0.15) is 0 Å². The maximum Gasteiger partial charge on any atom is 0.342 e. The van der Waals surface area contributed by atoms with Crippen LogP contribution in [0, 0.1) is 10.7 Å². The number of H-pyrrole nitrogens is 2. The summed E-state index contributed by atoms with van der Waals surface area (Å²) in [5.41, 5.74) is -0.165. The summed E-state index contributed by atoms with van der Waals surface area (Å²) in [6.07, 6.45) is 2.26. The molecule has 5 nitrogen and oxygen atoms in total. The van der Waals surface area contributed by atoms with Crippen LogP contribution in [0.1, 0.15) is 19.8 Å². The molecular formula is C9H15N3O2S. The quantitative estimate of drug-likeness (QED) is 0.761. The summed E-state index contributed by atoms with van der Waals surface area (Å²) in [6, 6.07) is 0. The zero-order chi connectivity index (χ0) is 10.8. The maximum absolute atomic E-state index is 11.4. The minimum Gasteiger partial charge on any atom is -0.378 e. The first-order chi connectivity index (χ1) is 7.22. The molecule has 1 aromatic rings. The third kappa shape index (κ3) is 2.05. The molecule has 6 heteroatoms. The molecule has 84 valence electrons. The van der Waals surface area contributed by atoms with Crippen LogP contribution >= 0.6 is 12.2 Å². The molecule has 1 aliphatic heterocycles. The molecule has 2 heterocycles. The van der Waals surface area contributed by atoms with Crippen LogP contribution in [0.25, 0.3) is 0 Å². The van der Waals surface area contributed by atoms with E-state index in [1.165, 1.54) is 0 Å². The third-order valence-electron chi connectivity index (χ3n) is 2.93. The highest BCUT2D eigenvalue weighted by Crippen LogP contribution is 2.24. The van der Waals surface area contributed by atoms with Crippen LogP contribution in [0.3, 0.4) is 0 Å². The molecular weight excluding hydrogens is 214 g/mol.